The second-order valence-electron chi connectivity index (χ2n) is 2.77. The lowest BCUT2D eigenvalue weighted by molar-refractivity contribution is -0.00770. The van der Waals surface area contributed by atoms with Crippen molar-refractivity contribution in [1.29, 1.82) is 0 Å². The molecule has 2 atom stereocenters. The van der Waals surface area contributed by atoms with Crippen LogP contribution in [0.3, 0.4) is 0 Å². The summed E-state index contributed by atoms with van der Waals surface area (Å²) >= 11 is 0. The molecule has 0 saturated heterocycles. The second kappa shape index (κ2) is 7.07. The third-order valence-corrected chi connectivity index (χ3v) is 1.63. The summed E-state index contributed by atoms with van der Waals surface area (Å²) in [6.07, 6.45) is 5.28. The number of allylic oxidation sites excluding steroid dienone is 1. The highest BCUT2D eigenvalue weighted by Crippen LogP contribution is 2.05. The number of hydrogen-bond acceptors (Lipinski definition) is 2. The van der Waals surface area contributed by atoms with Crippen molar-refractivity contribution in [2.75, 3.05) is 6.61 Å². The highest BCUT2D eigenvalue weighted by molar-refractivity contribution is 4.80. The fourth-order valence-corrected chi connectivity index (χ4v) is 0.892. The van der Waals surface area contributed by atoms with E-state index in [1.807, 2.05) is 13.0 Å². The molecule has 0 fully saturated rings. The van der Waals surface area contributed by atoms with Crippen molar-refractivity contribution in [3.63, 3.8) is 0 Å². The van der Waals surface area contributed by atoms with E-state index in [9.17, 15) is 0 Å². The zero-order chi connectivity index (χ0) is 9.40. The average molecular weight is 170 g/mol. The maximum Gasteiger partial charge on any atom is 0.0987 e. The van der Waals surface area contributed by atoms with Gasteiger partial charge in [-0.3, -0.25) is 0 Å². The predicted octanol–water partition coefficient (Wildman–Crippen LogP) is 1.90. The van der Waals surface area contributed by atoms with Gasteiger partial charge in [-0.05, 0) is 19.8 Å². The van der Waals surface area contributed by atoms with Crippen LogP contribution in [-0.4, -0.2) is 23.9 Å². The molecule has 1 unspecified atom stereocenters. The molecule has 0 bridgehead atoms. The minimum atomic E-state index is -0.232. The maximum absolute atomic E-state index is 8.78. The molecule has 0 aliphatic carbocycles. The molecule has 0 amide bonds. The van der Waals surface area contributed by atoms with E-state index < -0.39 is 0 Å². The summed E-state index contributed by atoms with van der Waals surface area (Å²) in [5.41, 5.74) is 0. The van der Waals surface area contributed by atoms with Crippen LogP contribution in [0.25, 0.3) is 0 Å². The first-order chi connectivity index (χ1) is 5.74. The van der Waals surface area contributed by atoms with E-state index >= 15 is 0 Å². The molecule has 70 valence electrons. The topological polar surface area (TPSA) is 29.5 Å². The first-order valence-corrected chi connectivity index (χ1v) is 4.24. The van der Waals surface area contributed by atoms with Gasteiger partial charge in [0.15, 0.2) is 0 Å². The molecular formula is C10H18O2. The Labute approximate surface area is 74.6 Å². The van der Waals surface area contributed by atoms with E-state index in [-0.39, 0.29) is 18.8 Å². The molecule has 2 nitrogen and oxygen atoms in total. The molecule has 0 spiro atoms. The molecule has 1 N–H and O–H groups in total. The number of aliphatic hydroxyl groups excluding tert-OH is 1. The molecule has 0 aliphatic heterocycles. The normalized spacial score (nSPS) is 15.2. The minimum Gasteiger partial charge on any atom is -0.393 e. The number of rotatable bonds is 7. The molecule has 0 aliphatic rings. The number of ether oxygens (including phenoxy) is 1. The van der Waals surface area contributed by atoms with E-state index in [4.69, 9.17) is 9.84 Å². The molecule has 0 aromatic rings. The zero-order valence-electron chi connectivity index (χ0n) is 7.70. The molecule has 0 rings (SSSR count). The Morgan fingerprint density at radius 3 is 2.58 bits per heavy atom. The number of aliphatic hydroxyl groups is 1. The first kappa shape index (κ1) is 11.4. The third kappa shape index (κ3) is 5.10. The Balaban J connectivity index is 3.57. The van der Waals surface area contributed by atoms with Gasteiger partial charge in [-0.15, -0.1) is 13.2 Å². The third-order valence-electron chi connectivity index (χ3n) is 1.63. The molecule has 0 aromatic carbocycles. The van der Waals surface area contributed by atoms with Gasteiger partial charge in [-0.1, -0.05) is 12.2 Å². The van der Waals surface area contributed by atoms with Crippen LogP contribution in [0.5, 0.6) is 0 Å². The van der Waals surface area contributed by atoms with E-state index in [2.05, 4.69) is 13.2 Å². The van der Waals surface area contributed by atoms with E-state index in [1.165, 1.54) is 0 Å². The van der Waals surface area contributed by atoms with Crippen LogP contribution in [0.1, 0.15) is 19.8 Å². The van der Waals surface area contributed by atoms with Crippen LogP contribution < -0.4 is 0 Å². The highest BCUT2D eigenvalue weighted by atomic mass is 16.5. The van der Waals surface area contributed by atoms with Crippen LogP contribution in [0, 0.1) is 0 Å². The van der Waals surface area contributed by atoms with Crippen LogP contribution >= 0.6 is 0 Å². The van der Waals surface area contributed by atoms with Crippen molar-refractivity contribution in [2.45, 2.75) is 32.0 Å². The summed E-state index contributed by atoms with van der Waals surface area (Å²) < 4.78 is 5.44. The lowest BCUT2D eigenvalue weighted by Gasteiger charge is -2.17. The average Bonchev–Trinajstić information content (AvgIpc) is 2.10. The Morgan fingerprint density at radius 1 is 1.50 bits per heavy atom. The molecule has 0 saturated carbocycles. The summed E-state index contributed by atoms with van der Waals surface area (Å²) in [5.74, 6) is 0. The smallest absolute Gasteiger partial charge is 0.0987 e. The van der Waals surface area contributed by atoms with Crippen LogP contribution in [-0.2, 0) is 4.74 Å². The van der Waals surface area contributed by atoms with Crippen molar-refractivity contribution >= 4 is 0 Å². The fraction of sp³-hybridized carbons (Fsp3) is 0.600. The molecule has 12 heavy (non-hydrogen) atoms. The fourth-order valence-electron chi connectivity index (χ4n) is 0.892. The van der Waals surface area contributed by atoms with Gasteiger partial charge in [-0.25, -0.2) is 0 Å². The van der Waals surface area contributed by atoms with Crippen LogP contribution in [0.15, 0.2) is 25.3 Å². The summed E-state index contributed by atoms with van der Waals surface area (Å²) in [6.45, 7) is 9.17. The Bertz CT molecular complexity index is 132. The summed E-state index contributed by atoms with van der Waals surface area (Å²) in [6, 6.07) is 0. The van der Waals surface area contributed by atoms with Gasteiger partial charge >= 0.3 is 0 Å². The van der Waals surface area contributed by atoms with E-state index in [1.54, 1.807) is 6.08 Å². The zero-order valence-corrected chi connectivity index (χ0v) is 7.70. The molecular weight excluding hydrogens is 152 g/mol. The monoisotopic (exact) mass is 170 g/mol. The van der Waals surface area contributed by atoms with Crippen molar-refractivity contribution in [3.05, 3.63) is 25.3 Å². The Morgan fingerprint density at radius 2 is 2.17 bits per heavy atom. The summed E-state index contributed by atoms with van der Waals surface area (Å²) in [7, 11) is 0. The second-order valence-corrected chi connectivity index (χ2v) is 2.77. The Hall–Kier alpha value is -0.600. The van der Waals surface area contributed by atoms with Crippen molar-refractivity contribution in [3.8, 4) is 0 Å². The molecule has 0 heterocycles. The van der Waals surface area contributed by atoms with E-state index in [0.717, 1.165) is 12.8 Å². The molecule has 0 aromatic heterocycles. The number of hydrogen-bond donors (Lipinski definition) is 1. The largest absolute Gasteiger partial charge is 0.393 e. The first-order valence-electron chi connectivity index (χ1n) is 4.24. The van der Waals surface area contributed by atoms with Gasteiger partial charge in [0.2, 0.25) is 0 Å². The van der Waals surface area contributed by atoms with E-state index in [0.29, 0.717) is 0 Å². The quantitative estimate of drug-likeness (QED) is 0.591. The van der Waals surface area contributed by atoms with Gasteiger partial charge in [0, 0.05) is 0 Å². The lowest BCUT2D eigenvalue weighted by Crippen LogP contribution is -2.20. The van der Waals surface area contributed by atoms with Crippen molar-refractivity contribution in [2.24, 2.45) is 0 Å². The Kier molecular flexibility index (Phi) is 6.72. The standard InChI is InChI=1S/C10H18O2/c1-4-6-7-9(3)12-10(5-2)8-11/h4-5,9-11H,1-2,6-8H2,3H3/t9?,10-/m1/s1. The van der Waals surface area contributed by atoms with Crippen LogP contribution in [0.4, 0.5) is 0 Å². The molecule has 0 radical (unpaired) electrons. The van der Waals surface area contributed by atoms with Gasteiger partial charge in [0.1, 0.15) is 0 Å². The van der Waals surface area contributed by atoms with Crippen LogP contribution in [0.2, 0.25) is 0 Å². The van der Waals surface area contributed by atoms with Crippen molar-refractivity contribution in [1.82, 2.24) is 0 Å². The predicted molar refractivity (Wildman–Crippen MR) is 51.0 cm³/mol. The van der Waals surface area contributed by atoms with Gasteiger partial charge < -0.3 is 9.84 Å². The van der Waals surface area contributed by atoms with Crippen molar-refractivity contribution < 1.29 is 9.84 Å². The van der Waals surface area contributed by atoms with Gasteiger partial charge in [0.05, 0.1) is 18.8 Å². The SMILES string of the molecule is C=CCCC(C)O[C@H](C=C)CO. The minimum absolute atomic E-state index is 0.00191. The summed E-state index contributed by atoms with van der Waals surface area (Å²) in [5, 5.41) is 8.78. The molecule has 2 heteroatoms. The van der Waals surface area contributed by atoms with Gasteiger partial charge in [-0.2, -0.15) is 0 Å². The lowest BCUT2D eigenvalue weighted by atomic mass is 10.2. The maximum atomic E-state index is 8.78. The van der Waals surface area contributed by atoms with Gasteiger partial charge in [0.25, 0.3) is 0 Å². The summed E-state index contributed by atoms with van der Waals surface area (Å²) in [4.78, 5) is 0. The highest BCUT2D eigenvalue weighted by Gasteiger charge is 2.07.